The number of hydrogen-bond acceptors (Lipinski definition) is 0. The predicted molar refractivity (Wildman–Crippen MR) is 53.2 cm³/mol. The Labute approximate surface area is 76.7 Å². The summed E-state index contributed by atoms with van der Waals surface area (Å²) in [4.78, 5) is 0. The Hall–Kier alpha value is 0. The molecule has 2 saturated carbocycles. The summed E-state index contributed by atoms with van der Waals surface area (Å²) in [6.07, 6.45) is 15.3. The molecule has 0 aromatic heterocycles. The van der Waals surface area contributed by atoms with Crippen molar-refractivity contribution >= 4 is 0 Å². The predicted octanol–water partition coefficient (Wildman–Crippen LogP) is 4.15. The van der Waals surface area contributed by atoms with E-state index in [-0.39, 0.29) is 0 Å². The van der Waals surface area contributed by atoms with Crippen LogP contribution in [0.2, 0.25) is 0 Å². The second-order valence-electron chi connectivity index (χ2n) is 4.81. The summed E-state index contributed by atoms with van der Waals surface area (Å²) in [5.41, 5.74) is 0. The maximum atomic E-state index is 1.58. The molecule has 0 aliphatic heterocycles. The monoisotopic (exact) mass is 166 g/mol. The van der Waals surface area contributed by atoms with Crippen LogP contribution in [0.5, 0.6) is 0 Å². The van der Waals surface area contributed by atoms with E-state index in [1.807, 2.05) is 0 Å². The van der Waals surface area contributed by atoms with E-state index in [2.05, 4.69) is 0 Å². The van der Waals surface area contributed by atoms with Gasteiger partial charge in [0.25, 0.3) is 0 Å². The van der Waals surface area contributed by atoms with Gasteiger partial charge in [0.05, 0.1) is 0 Å². The molecule has 0 heteroatoms. The standard InChI is InChI=1S/C12H22/c1-2-4-6-8-11-10-12(11)9-7-5-3-1/h11-12H,1-10H2. The molecule has 2 unspecified atom stereocenters. The van der Waals surface area contributed by atoms with Crippen LogP contribution in [0, 0.1) is 11.8 Å². The van der Waals surface area contributed by atoms with Crippen LogP contribution >= 0.6 is 0 Å². The number of rotatable bonds is 0. The maximum absolute atomic E-state index is 1.58. The molecule has 0 radical (unpaired) electrons. The van der Waals surface area contributed by atoms with E-state index in [0.717, 1.165) is 0 Å². The van der Waals surface area contributed by atoms with Crippen molar-refractivity contribution in [3.63, 3.8) is 0 Å². The van der Waals surface area contributed by atoms with Crippen LogP contribution in [0.4, 0.5) is 0 Å². The van der Waals surface area contributed by atoms with Crippen LogP contribution in [-0.2, 0) is 0 Å². The molecule has 0 heterocycles. The molecule has 0 N–H and O–H groups in total. The van der Waals surface area contributed by atoms with Crippen molar-refractivity contribution < 1.29 is 0 Å². The first-order chi connectivity index (χ1) is 5.97. The van der Waals surface area contributed by atoms with Gasteiger partial charge < -0.3 is 0 Å². The van der Waals surface area contributed by atoms with Crippen molar-refractivity contribution in [2.75, 3.05) is 0 Å². The molecule has 70 valence electrons. The Kier molecular flexibility index (Phi) is 3.08. The zero-order chi connectivity index (χ0) is 8.23. The highest BCUT2D eigenvalue weighted by Crippen LogP contribution is 2.46. The van der Waals surface area contributed by atoms with Gasteiger partial charge in [0.15, 0.2) is 0 Å². The van der Waals surface area contributed by atoms with E-state index in [4.69, 9.17) is 0 Å². The second kappa shape index (κ2) is 4.30. The SMILES string of the molecule is C1CCCCC2CC2CCCC1. The molecule has 12 heavy (non-hydrogen) atoms. The Balaban J connectivity index is 1.70. The fourth-order valence-electron chi connectivity index (χ4n) is 2.71. The van der Waals surface area contributed by atoms with Gasteiger partial charge in [-0.1, -0.05) is 57.8 Å². The van der Waals surface area contributed by atoms with Crippen molar-refractivity contribution in [1.29, 1.82) is 0 Å². The average Bonchev–Trinajstić information content (AvgIpc) is 2.78. The molecule has 0 bridgehead atoms. The van der Waals surface area contributed by atoms with Crippen molar-refractivity contribution in [2.24, 2.45) is 11.8 Å². The van der Waals surface area contributed by atoms with Crippen LogP contribution in [0.1, 0.15) is 64.2 Å². The van der Waals surface area contributed by atoms with Crippen molar-refractivity contribution in [2.45, 2.75) is 64.2 Å². The first-order valence-electron chi connectivity index (χ1n) is 5.97. The number of hydrogen-bond donors (Lipinski definition) is 0. The molecule has 0 spiro atoms. The third-order valence-electron chi connectivity index (χ3n) is 3.72. The molecule has 0 saturated heterocycles. The number of fused-ring (bicyclic) bond motifs is 1. The van der Waals surface area contributed by atoms with Crippen LogP contribution in [0.3, 0.4) is 0 Å². The summed E-state index contributed by atoms with van der Waals surface area (Å²) < 4.78 is 0. The van der Waals surface area contributed by atoms with Crippen LogP contribution in [0.25, 0.3) is 0 Å². The quantitative estimate of drug-likeness (QED) is 0.507. The van der Waals surface area contributed by atoms with Gasteiger partial charge in [-0.15, -0.1) is 0 Å². The summed E-state index contributed by atoms with van der Waals surface area (Å²) in [6.45, 7) is 0. The third-order valence-corrected chi connectivity index (χ3v) is 3.72. The van der Waals surface area contributed by atoms with Crippen LogP contribution in [0.15, 0.2) is 0 Å². The van der Waals surface area contributed by atoms with E-state index in [9.17, 15) is 0 Å². The van der Waals surface area contributed by atoms with Gasteiger partial charge in [0, 0.05) is 0 Å². The minimum Gasteiger partial charge on any atom is -0.0533 e. The molecule has 2 rings (SSSR count). The highest BCUT2D eigenvalue weighted by molar-refractivity contribution is 4.85. The lowest BCUT2D eigenvalue weighted by Crippen LogP contribution is -1.83. The molecule has 0 amide bonds. The normalized spacial score (nSPS) is 38.0. The van der Waals surface area contributed by atoms with Gasteiger partial charge in [-0.25, -0.2) is 0 Å². The first-order valence-corrected chi connectivity index (χ1v) is 5.97. The molecule has 2 atom stereocenters. The fraction of sp³-hybridized carbons (Fsp3) is 1.00. The van der Waals surface area contributed by atoms with Crippen LogP contribution in [-0.4, -0.2) is 0 Å². The molecular formula is C12H22. The lowest BCUT2D eigenvalue weighted by atomic mass is 10.1. The lowest BCUT2D eigenvalue weighted by molar-refractivity contribution is 0.559. The van der Waals surface area contributed by atoms with E-state index < -0.39 is 0 Å². The van der Waals surface area contributed by atoms with Crippen LogP contribution < -0.4 is 0 Å². The van der Waals surface area contributed by atoms with Gasteiger partial charge in [0.1, 0.15) is 0 Å². The van der Waals surface area contributed by atoms with Gasteiger partial charge in [0.2, 0.25) is 0 Å². The minimum atomic E-state index is 1.17. The van der Waals surface area contributed by atoms with E-state index in [1.54, 1.807) is 19.3 Å². The topological polar surface area (TPSA) is 0 Å². The Morgan fingerprint density at radius 2 is 0.917 bits per heavy atom. The molecule has 2 aliphatic rings. The molecule has 2 aliphatic carbocycles. The van der Waals surface area contributed by atoms with Gasteiger partial charge in [-0.2, -0.15) is 0 Å². The summed E-state index contributed by atoms with van der Waals surface area (Å²) in [5, 5.41) is 0. The molecule has 0 aromatic carbocycles. The minimum absolute atomic E-state index is 1.17. The Morgan fingerprint density at radius 1 is 0.500 bits per heavy atom. The average molecular weight is 166 g/mol. The van der Waals surface area contributed by atoms with E-state index in [0.29, 0.717) is 0 Å². The zero-order valence-corrected chi connectivity index (χ0v) is 8.23. The summed E-state index contributed by atoms with van der Waals surface area (Å²) in [5.74, 6) is 2.34. The summed E-state index contributed by atoms with van der Waals surface area (Å²) in [7, 11) is 0. The van der Waals surface area contributed by atoms with Crippen molar-refractivity contribution in [3.8, 4) is 0 Å². The maximum Gasteiger partial charge on any atom is -0.0383 e. The van der Waals surface area contributed by atoms with E-state index >= 15 is 0 Å². The third kappa shape index (κ3) is 2.50. The van der Waals surface area contributed by atoms with Crippen molar-refractivity contribution in [1.82, 2.24) is 0 Å². The smallest absolute Gasteiger partial charge is 0.0383 e. The fourth-order valence-corrected chi connectivity index (χ4v) is 2.71. The largest absolute Gasteiger partial charge is 0.0533 e. The Morgan fingerprint density at radius 3 is 1.42 bits per heavy atom. The lowest BCUT2D eigenvalue weighted by Gasteiger charge is -1.98. The molecule has 0 aromatic rings. The highest BCUT2D eigenvalue weighted by atomic mass is 14.4. The molecule has 2 fully saturated rings. The van der Waals surface area contributed by atoms with Gasteiger partial charge >= 0.3 is 0 Å². The molecular weight excluding hydrogens is 144 g/mol. The van der Waals surface area contributed by atoms with Gasteiger partial charge in [-0.05, 0) is 18.3 Å². The second-order valence-corrected chi connectivity index (χ2v) is 4.81. The van der Waals surface area contributed by atoms with E-state index in [1.165, 1.54) is 56.8 Å². The first kappa shape index (κ1) is 8.59. The zero-order valence-electron chi connectivity index (χ0n) is 8.23. The van der Waals surface area contributed by atoms with Gasteiger partial charge in [-0.3, -0.25) is 0 Å². The summed E-state index contributed by atoms with van der Waals surface area (Å²) in [6, 6.07) is 0. The Bertz CT molecular complexity index is 114. The van der Waals surface area contributed by atoms with Crippen molar-refractivity contribution in [3.05, 3.63) is 0 Å². The molecule has 0 nitrogen and oxygen atoms in total. The highest BCUT2D eigenvalue weighted by Gasteiger charge is 2.35. The summed E-state index contributed by atoms with van der Waals surface area (Å²) >= 11 is 0.